The van der Waals surface area contributed by atoms with E-state index < -0.39 is 10.0 Å². The van der Waals surface area contributed by atoms with Crippen molar-refractivity contribution in [2.45, 2.75) is 31.2 Å². The molecule has 7 nitrogen and oxygen atoms in total. The molecule has 158 valence electrons. The number of furan rings is 1. The Morgan fingerprint density at radius 1 is 1.10 bits per heavy atom. The van der Waals surface area contributed by atoms with Gasteiger partial charge in [-0.25, -0.2) is 8.42 Å². The summed E-state index contributed by atoms with van der Waals surface area (Å²) in [5, 5.41) is 0. The summed E-state index contributed by atoms with van der Waals surface area (Å²) in [6, 6.07) is 10.9. The van der Waals surface area contributed by atoms with Crippen LogP contribution in [0.5, 0.6) is 0 Å². The largest absolute Gasteiger partial charge is 0.463 e. The van der Waals surface area contributed by atoms with Gasteiger partial charge in [-0.3, -0.25) is 4.79 Å². The van der Waals surface area contributed by atoms with Gasteiger partial charge in [0.2, 0.25) is 10.0 Å². The predicted molar refractivity (Wildman–Crippen MR) is 110 cm³/mol. The minimum absolute atomic E-state index is 0.0371. The molecule has 1 fully saturated rings. The summed E-state index contributed by atoms with van der Waals surface area (Å²) in [6.45, 7) is 4.57. The molecular formula is C21H30N3O4S+. The van der Waals surface area contributed by atoms with Crippen molar-refractivity contribution >= 4 is 15.9 Å². The number of nitrogens with zero attached hydrogens (tertiary/aromatic N) is 2. The van der Waals surface area contributed by atoms with Crippen LogP contribution in [-0.2, 0) is 27.8 Å². The third-order valence-corrected chi connectivity index (χ3v) is 7.11. The van der Waals surface area contributed by atoms with E-state index in [0.29, 0.717) is 44.2 Å². The summed E-state index contributed by atoms with van der Waals surface area (Å²) in [5.41, 5.74) is 1.14. The number of carbonyl (C=O) groups is 1. The SMILES string of the molecule is CCCc1ccc(S(=O)(=O)N2CCN(C(=O)C[NH+](C)Cc3ccco3)CC2)cc1. The predicted octanol–water partition coefficient (Wildman–Crippen LogP) is 0.780. The molecule has 1 aromatic carbocycles. The van der Waals surface area contributed by atoms with Gasteiger partial charge in [0.15, 0.2) is 12.3 Å². The summed E-state index contributed by atoms with van der Waals surface area (Å²) in [6.07, 6.45) is 3.60. The first-order valence-electron chi connectivity index (χ1n) is 10.1. The minimum atomic E-state index is -3.52. The molecule has 1 atom stereocenters. The number of quaternary nitrogens is 1. The van der Waals surface area contributed by atoms with E-state index in [4.69, 9.17) is 4.42 Å². The van der Waals surface area contributed by atoms with Crippen LogP contribution in [0.25, 0.3) is 0 Å². The Kier molecular flexibility index (Phi) is 7.10. The van der Waals surface area contributed by atoms with Gasteiger partial charge in [0.25, 0.3) is 5.91 Å². The van der Waals surface area contributed by atoms with Gasteiger partial charge in [-0.05, 0) is 36.2 Å². The van der Waals surface area contributed by atoms with Gasteiger partial charge in [0.05, 0.1) is 18.2 Å². The lowest BCUT2D eigenvalue weighted by atomic mass is 10.1. The van der Waals surface area contributed by atoms with Crippen LogP contribution >= 0.6 is 0 Å². The van der Waals surface area contributed by atoms with Crippen LogP contribution in [0, 0.1) is 0 Å². The zero-order chi connectivity index (χ0) is 20.9. The molecule has 0 spiro atoms. The molecule has 1 aliphatic heterocycles. The van der Waals surface area contributed by atoms with E-state index in [9.17, 15) is 13.2 Å². The van der Waals surface area contributed by atoms with Crippen molar-refractivity contribution in [1.82, 2.24) is 9.21 Å². The lowest BCUT2D eigenvalue weighted by molar-refractivity contribution is -0.886. The Hall–Kier alpha value is -2.16. The molecule has 0 aliphatic carbocycles. The molecule has 2 aromatic rings. The molecule has 29 heavy (non-hydrogen) atoms. The van der Waals surface area contributed by atoms with Gasteiger partial charge in [-0.2, -0.15) is 4.31 Å². The second-order valence-electron chi connectivity index (χ2n) is 7.57. The van der Waals surface area contributed by atoms with Crippen molar-refractivity contribution in [3.8, 4) is 0 Å². The molecule has 1 amide bonds. The number of nitrogens with one attached hydrogen (secondary N) is 1. The molecule has 1 N–H and O–H groups in total. The molecule has 1 aliphatic rings. The Labute approximate surface area is 172 Å². The quantitative estimate of drug-likeness (QED) is 0.685. The standard InChI is InChI=1S/C21H29N3O4S/c1-3-5-18-7-9-20(10-8-18)29(26,27)24-13-11-23(12-14-24)21(25)17-22(2)16-19-6-4-15-28-19/h4,6-10,15H,3,5,11-14,16-17H2,1-2H3/p+1. The second-order valence-corrected chi connectivity index (χ2v) is 9.51. The number of benzene rings is 1. The maximum Gasteiger partial charge on any atom is 0.277 e. The molecule has 8 heteroatoms. The minimum Gasteiger partial charge on any atom is -0.463 e. The van der Waals surface area contributed by atoms with Crippen LogP contribution in [0.3, 0.4) is 0 Å². The van der Waals surface area contributed by atoms with E-state index >= 15 is 0 Å². The highest BCUT2D eigenvalue weighted by molar-refractivity contribution is 7.89. The fourth-order valence-corrected chi connectivity index (χ4v) is 5.01. The van der Waals surface area contributed by atoms with E-state index in [1.807, 2.05) is 31.3 Å². The maximum absolute atomic E-state index is 12.9. The Balaban J connectivity index is 1.53. The Bertz CT molecular complexity index is 887. The van der Waals surface area contributed by atoms with E-state index in [1.54, 1.807) is 23.3 Å². The molecule has 2 heterocycles. The highest BCUT2D eigenvalue weighted by Crippen LogP contribution is 2.19. The summed E-state index contributed by atoms with van der Waals surface area (Å²) < 4.78 is 32.6. The highest BCUT2D eigenvalue weighted by Gasteiger charge is 2.30. The number of hydrogen-bond donors (Lipinski definition) is 1. The Morgan fingerprint density at radius 3 is 2.38 bits per heavy atom. The van der Waals surface area contributed by atoms with Crippen LogP contribution in [0.15, 0.2) is 52.0 Å². The highest BCUT2D eigenvalue weighted by atomic mass is 32.2. The molecule has 1 saturated heterocycles. The van der Waals surface area contributed by atoms with Crippen LogP contribution in [0.1, 0.15) is 24.7 Å². The molecule has 0 saturated carbocycles. The number of piperazine rings is 1. The van der Waals surface area contributed by atoms with E-state index in [-0.39, 0.29) is 5.91 Å². The van der Waals surface area contributed by atoms with Crippen molar-refractivity contribution in [3.63, 3.8) is 0 Å². The smallest absolute Gasteiger partial charge is 0.277 e. The summed E-state index contributed by atoms with van der Waals surface area (Å²) in [7, 11) is -1.57. The van der Waals surface area contributed by atoms with Crippen molar-refractivity contribution in [1.29, 1.82) is 0 Å². The van der Waals surface area contributed by atoms with Crippen LogP contribution in [0.4, 0.5) is 0 Å². The molecule has 0 bridgehead atoms. The van der Waals surface area contributed by atoms with Gasteiger partial charge >= 0.3 is 0 Å². The van der Waals surface area contributed by atoms with Crippen molar-refractivity contribution < 1.29 is 22.5 Å². The third kappa shape index (κ3) is 5.46. The molecule has 1 unspecified atom stereocenters. The Morgan fingerprint density at radius 2 is 1.79 bits per heavy atom. The van der Waals surface area contributed by atoms with Crippen molar-refractivity contribution in [3.05, 3.63) is 54.0 Å². The third-order valence-electron chi connectivity index (χ3n) is 5.20. The maximum atomic E-state index is 12.9. The van der Waals surface area contributed by atoms with Crippen LogP contribution < -0.4 is 4.90 Å². The number of sulfonamides is 1. The van der Waals surface area contributed by atoms with Gasteiger partial charge in [0, 0.05) is 26.2 Å². The molecule has 3 rings (SSSR count). The zero-order valence-electron chi connectivity index (χ0n) is 17.1. The van der Waals surface area contributed by atoms with Gasteiger partial charge in [0.1, 0.15) is 6.54 Å². The molecule has 1 aromatic heterocycles. The topological polar surface area (TPSA) is 75.3 Å². The van der Waals surface area contributed by atoms with Crippen LogP contribution in [0.2, 0.25) is 0 Å². The lowest BCUT2D eigenvalue weighted by Crippen LogP contribution is -3.08. The first kappa shape index (κ1) is 21.5. The van der Waals surface area contributed by atoms with E-state index in [1.165, 1.54) is 4.31 Å². The normalized spacial score (nSPS) is 16.7. The monoisotopic (exact) mass is 420 g/mol. The second kappa shape index (κ2) is 9.56. The molecule has 0 radical (unpaired) electrons. The number of amides is 1. The average molecular weight is 421 g/mol. The van der Waals surface area contributed by atoms with E-state index in [0.717, 1.165) is 29.1 Å². The number of carbonyl (C=O) groups excluding carboxylic acids is 1. The van der Waals surface area contributed by atoms with Gasteiger partial charge in [-0.15, -0.1) is 0 Å². The summed E-state index contributed by atoms with van der Waals surface area (Å²) >= 11 is 0. The average Bonchev–Trinajstić information content (AvgIpc) is 3.21. The zero-order valence-corrected chi connectivity index (χ0v) is 18.0. The summed E-state index contributed by atoms with van der Waals surface area (Å²) in [5.74, 6) is 0.881. The lowest BCUT2D eigenvalue weighted by Gasteiger charge is -2.34. The number of hydrogen-bond acceptors (Lipinski definition) is 4. The number of likely N-dealkylation sites (N-methyl/N-ethyl adjacent to an activating group) is 1. The number of rotatable bonds is 8. The van der Waals surface area contributed by atoms with Gasteiger partial charge < -0.3 is 14.2 Å². The first-order chi connectivity index (χ1) is 13.9. The molecular weight excluding hydrogens is 390 g/mol. The fraction of sp³-hybridized carbons (Fsp3) is 0.476. The van der Waals surface area contributed by atoms with Crippen molar-refractivity contribution in [2.24, 2.45) is 0 Å². The van der Waals surface area contributed by atoms with E-state index in [2.05, 4.69) is 6.92 Å². The van der Waals surface area contributed by atoms with Gasteiger partial charge in [-0.1, -0.05) is 25.5 Å². The van der Waals surface area contributed by atoms with Crippen LogP contribution in [-0.4, -0.2) is 63.3 Å². The summed E-state index contributed by atoms with van der Waals surface area (Å²) in [4.78, 5) is 15.7. The number of aryl methyl sites for hydroxylation is 1. The fourth-order valence-electron chi connectivity index (χ4n) is 3.59. The first-order valence-corrected chi connectivity index (χ1v) is 11.5. The van der Waals surface area contributed by atoms with Crippen molar-refractivity contribution in [2.75, 3.05) is 39.8 Å².